The van der Waals surface area contributed by atoms with Gasteiger partial charge in [-0.1, -0.05) is 171 Å². The lowest BCUT2D eigenvalue weighted by molar-refractivity contribution is 0.206. The molecule has 18 rings (SSSR count). The standard InChI is InChI=1S/C94H78F4N2O3/c1-3-59-13-42-77(43-14-59)101-79-46-22-65(23-47-79)93(63-18-26-67(95)27-19-63)87-11-7-5-9-81(87)83-50-39-75(57-89(83)93)99(71-35-30-69(97)31-36-71)73-34-17-61-55-92-85(54-62(61)53-73)86-56-74(41-52-91(86)103-92)100(72-37-32-70(98)33-38-72)76-40-51-84-82-10-6-8-12-88(82)94(90(84)58-76,64-20-28-68(96)29-21-64)66-24-48-80(49-25-66)102-78-44-15-60(4-2)16-45-78/h3-16,18-30,32,35,37,39-40,42-48,50-51,53-57,76,80,82-84,88-90H,1-2,17,31,33-34,36,38,41,49,52,58H2. The van der Waals surface area contributed by atoms with Crippen molar-refractivity contribution < 1.29 is 31.5 Å². The van der Waals surface area contributed by atoms with Crippen LogP contribution in [0.4, 0.5) is 17.6 Å². The normalized spacial score (nSPS) is 26.1. The molecule has 0 radical (unpaired) electrons. The molecule has 7 aromatic carbocycles. The van der Waals surface area contributed by atoms with Crippen LogP contribution in [0.5, 0.6) is 17.2 Å². The molecule has 0 amide bonds. The first-order chi connectivity index (χ1) is 50.5. The number of hydrogen-bond donors (Lipinski definition) is 0. The van der Waals surface area contributed by atoms with Crippen LogP contribution in [0.15, 0.2) is 318 Å². The van der Waals surface area contributed by atoms with Crippen molar-refractivity contribution in [2.75, 3.05) is 0 Å². The number of allylic oxidation sites excluding steroid dienone is 20. The first-order valence-electron chi connectivity index (χ1n) is 36.5. The van der Waals surface area contributed by atoms with Gasteiger partial charge in [0.1, 0.15) is 58.0 Å². The average Bonchev–Trinajstić information content (AvgIpc) is 1.59. The fourth-order valence-corrected chi connectivity index (χ4v) is 19.3. The van der Waals surface area contributed by atoms with E-state index < -0.39 is 10.8 Å². The lowest BCUT2D eigenvalue weighted by atomic mass is 9.58. The Balaban J connectivity index is 0.710. The Morgan fingerprint density at radius 1 is 0.544 bits per heavy atom. The van der Waals surface area contributed by atoms with E-state index in [2.05, 4.69) is 157 Å². The van der Waals surface area contributed by atoms with Crippen molar-refractivity contribution in [2.24, 2.45) is 29.6 Å². The molecule has 1 saturated carbocycles. The molecule has 1 heterocycles. The molecule has 0 spiro atoms. The third kappa shape index (κ3) is 11.1. The summed E-state index contributed by atoms with van der Waals surface area (Å²) in [5.41, 5.74) is 17.1. The fraction of sp³-hybridized carbons (Fsp3) is 0.213. The number of rotatable bonds is 16. The molecule has 0 saturated heterocycles. The van der Waals surface area contributed by atoms with Gasteiger partial charge in [0.25, 0.3) is 0 Å². The Morgan fingerprint density at radius 3 is 1.88 bits per heavy atom. The molecule has 10 atom stereocenters. The Hall–Kier alpha value is -10.9. The average molecular weight is 1360 g/mol. The van der Waals surface area contributed by atoms with Gasteiger partial charge in [-0.05, 0) is 239 Å². The number of fused-ring (bicyclic) bond motifs is 10. The molecule has 1 aromatic heterocycles. The lowest BCUT2D eigenvalue weighted by Crippen LogP contribution is -2.45. The SMILES string of the molecule is C=Cc1ccc(Oc2ccc(C3(c4ccc(F)cc4)c4ccccc4C4C=CC(N(C5=CC=C(F)CC5)C5=Cc6cc7c8c(oc7cc6CC5)CCC(N(C5=CC=C(F)CC5)C5C=CC6C7C=CC=CC7C(C7=CCC(Oc9ccc(C=C)cc9)C=C7)(c7ccc(F)cc7)C6C5)=C8)=CC43)cc2)cc1. The van der Waals surface area contributed by atoms with E-state index >= 15 is 17.6 Å². The third-order valence-corrected chi connectivity index (χ3v) is 23.8. The summed E-state index contributed by atoms with van der Waals surface area (Å²) in [5, 5.41) is 1.04. The first kappa shape index (κ1) is 64.2. The van der Waals surface area contributed by atoms with Gasteiger partial charge >= 0.3 is 0 Å². The van der Waals surface area contributed by atoms with E-state index in [4.69, 9.17) is 13.9 Å². The van der Waals surface area contributed by atoms with Crippen molar-refractivity contribution in [2.45, 2.75) is 93.1 Å². The van der Waals surface area contributed by atoms with Crippen molar-refractivity contribution in [3.8, 4) is 17.2 Å². The van der Waals surface area contributed by atoms with Gasteiger partial charge in [-0.3, -0.25) is 0 Å². The van der Waals surface area contributed by atoms with Crippen LogP contribution in [0, 0.1) is 41.2 Å². The van der Waals surface area contributed by atoms with E-state index in [9.17, 15) is 0 Å². The van der Waals surface area contributed by atoms with Gasteiger partial charge in [0.2, 0.25) is 0 Å². The van der Waals surface area contributed by atoms with Crippen molar-refractivity contribution in [3.05, 3.63) is 387 Å². The second-order valence-corrected chi connectivity index (χ2v) is 29.1. The zero-order valence-corrected chi connectivity index (χ0v) is 57.3. The van der Waals surface area contributed by atoms with Crippen molar-refractivity contribution >= 4 is 35.3 Å². The van der Waals surface area contributed by atoms with Crippen molar-refractivity contribution in [1.29, 1.82) is 0 Å². The maximum absolute atomic E-state index is 15.3. The Kier molecular flexibility index (Phi) is 16.3. The van der Waals surface area contributed by atoms with Gasteiger partial charge in [0.05, 0.1) is 11.5 Å². The van der Waals surface area contributed by atoms with Gasteiger partial charge in [-0.2, -0.15) is 0 Å². The van der Waals surface area contributed by atoms with Crippen LogP contribution in [-0.2, 0) is 23.7 Å². The second-order valence-electron chi connectivity index (χ2n) is 29.1. The highest BCUT2D eigenvalue weighted by atomic mass is 19.1. The molecule has 5 nitrogen and oxygen atoms in total. The van der Waals surface area contributed by atoms with E-state index in [0.717, 1.165) is 127 Å². The predicted molar refractivity (Wildman–Crippen MR) is 405 cm³/mol. The summed E-state index contributed by atoms with van der Waals surface area (Å²) in [5.74, 6) is 2.74. The zero-order valence-electron chi connectivity index (χ0n) is 57.3. The highest BCUT2D eigenvalue weighted by Gasteiger charge is 2.62. The summed E-state index contributed by atoms with van der Waals surface area (Å²) in [7, 11) is 0. The van der Waals surface area contributed by atoms with Gasteiger partial charge < -0.3 is 23.7 Å². The monoisotopic (exact) mass is 1360 g/mol. The topological polar surface area (TPSA) is 38.1 Å². The molecular weight excluding hydrogens is 1280 g/mol. The van der Waals surface area contributed by atoms with E-state index in [0.29, 0.717) is 44.3 Å². The predicted octanol–water partition coefficient (Wildman–Crippen LogP) is 23.4. The quantitative estimate of drug-likeness (QED) is 0.0712. The smallest absolute Gasteiger partial charge is 0.135 e. The molecule has 10 aliphatic rings. The lowest BCUT2D eigenvalue weighted by Gasteiger charge is -2.48. The fourth-order valence-electron chi connectivity index (χ4n) is 19.3. The Labute approximate surface area is 600 Å². The van der Waals surface area contributed by atoms with Gasteiger partial charge in [-0.15, -0.1) is 0 Å². The first-order valence-corrected chi connectivity index (χ1v) is 36.5. The van der Waals surface area contributed by atoms with E-state index in [1.54, 1.807) is 36.4 Å². The minimum atomic E-state index is -0.754. The maximum Gasteiger partial charge on any atom is 0.135 e. The molecule has 0 aliphatic heterocycles. The van der Waals surface area contributed by atoms with E-state index in [1.807, 2.05) is 109 Å². The highest BCUT2D eigenvalue weighted by molar-refractivity contribution is 5.92. The van der Waals surface area contributed by atoms with Crippen molar-refractivity contribution in [1.82, 2.24) is 9.80 Å². The summed E-state index contributed by atoms with van der Waals surface area (Å²) in [6.07, 6.45) is 49.5. The van der Waals surface area contributed by atoms with Gasteiger partial charge in [0, 0.05) is 82.4 Å². The largest absolute Gasteiger partial charge is 0.486 e. The summed E-state index contributed by atoms with van der Waals surface area (Å²) in [4.78, 5) is 4.93. The number of nitrogens with zero attached hydrogens (tertiary/aromatic N) is 2. The third-order valence-electron chi connectivity index (χ3n) is 23.8. The molecule has 1 fully saturated rings. The van der Waals surface area contributed by atoms with Crippen LogP contribution < -0.4 is 9.47 Å². The minimum Gasteiger partial charge on any atom is -0.486 e. The van der Waals surface area contributed by atoms with Gasteiger partial charge in [0.15, 0.2) is 0 Å². The molecule has 103 heavy (non-hydrogen) atoms. The number of aryl methyl sites for hydroxylation is 2. The van der Waals surface area contributed by atoms with Crippen LogP contribution in [0.2, 0.25) is 0 Å². The Morgan fingerprint density at radius 2 is 1.19 bits per heavy atom. The van der Waals surface area contributed by atoms with Crippen LogP contribution in [-0.4, -0.2) is 21.9 Å². The number of hydrogen-bond acceptors (Lipinski definition) is 5. The summed E-state index contributed by atoms with van der Waals surface area (Å²) >= 11 is 0. The molecular formula is C94H78F4N2O3. The summed E-state index contributed by atoms with van der Waals surface area (Å²) in [6, 6.07) is 51.8. The molecule has 9 heteroatoms. The van der Waals surface area contributed by atoms with E-state index in [-0.39, 0.29) is 70.9 Å². The minimum absolute atomic E-state index is 0.0202. The molecule has 0 bridgehead atoms. The number of furan rings is 1. The molecule has 0 N–H and O–H groups in total. The van der Waals surface area contributed by atoms with E-state index in [1.165, 1.54) is 16.7 Å². The number of benzene rings is 7. The van der Waals surface area contributed by atoms with Crippen LogP contribution in [0.1, 0.15) is 119 Å². The maximum atomic E-state index is 15.3. The molecule has 10 aliphatic carbocycles. The van der Waals surface area contributed by atoms with Gasteiger partial charge in [-0.25, -0.2) is 17.6 Å². The highest BCUT2D eigenvalue weighted by Crippen LogP contribution is 2.66. The summed E-state index contributed by atoms with van der Waals surface area (Å²) < 4.78 is 81.0. The van der Waals surface area contributed by atoms with Crippen LogP contribution in [0.3, 0.4) is 0 Å². The Bertz CT molecular complexity index is 5180. The van der Waals surface area contributed by atoms with Crippen LogP contribution >= 0.6 is 0 Å². The molecule has 8 aromatic rings. The molecule has 10 unspecified atom stereocenters. The zero-order chi connectivity index (χ0) is 69.5. The number of ether oxygens (including phenoxy) is 2. The number of halogens is 4. The van der Waals surface area contributed by atoms with Crippen LogP contribution in [0.25, 0.3) is 35.3 Å². The summed E-state index contributed by atoms with van der Waals surface area (Å²) in [6.45, 7) is 7.83. The van der Waals surface area contributed by atoms with Crippen molar-refractivity contribution in [3.63, 3.8) is 0 Å². The molecule has 510 valence electrons. The second kappa shape index (κ2) is 26.2.